The van der Waals surface area contributed by atoms with Gasteiger partial charge >= 0.3 is 0 Å². The topological polar surface area (TPSA) is 55.3 Å². The first-order valence-electron chi connectivity index (χ1n) is 7.42. The Hall–Kier alpha value is -2.75. The van der Waals surface area contributed by atoms with Gasteiger partial charge in [0, 0.05) is 24.5 Å². The summed E-state index contributed by atoms with van der Waals surface area (Å²) in [6.45, 7) is 2.15. The standard InChI is InChI=1S/C18H20N4/c1-3-13(11-20-2)14-7-8-22-17(12-21-18(22)10-14)15-5-4-6-16(19)9-15/h4-12,20H,3,19H2,1-2H3/b13-11+. The molecule has 0 bridgehead atoms. The maximum absolute atomic E-state index is 5.88. The van der Waals surface area contributed by atoms with Crippen molar-refractivity contribution in [3.05, 3.63) is 60.6 Å². The minimum Gasteiger partial charge on any atom is -0.399 e. The normalized spacial score (nSPS) is 11.8. The Balaban J connectivity index is 2.08. The monoisotopic (exact) mass is 292 g/mol. The number of benzene rings is 1. The van der Waals surface area contributed by atoms with E-state index in [2.05, 4.69) is 40.0 Å². The minimum atomic E-state index is 0.759. The number of nitrogens with zero attached hydrogens (tertiary/aromatic N) is 2. The van der Waals surface area contributed by atoms with Gasteiger partial charge in [-0.2, -0.15) is 0 Å². The number of imidazole rings is 1. The van der Waals surface area contributed by atoms with Gasteiger partial charge in [0.15, 0.2) is 0 Å². The van der Waals surface area contributed by atoms with Gasteiger partial charge in [-0.15, -0.1) is 0 Å². The molecule has 4 nitrogen and oxygen atoms in total. The molecule has 0 radical (unpaired) electrons. The van der Waals surface area contributed by atoms with Gasteiger partial charge in [-0.1, -0.05) is 19.1 Å². The van der Waals surface area contributed by atoms with Gasteiger partial charge in [0.2, 0.25) is 0 Å². The number of fused-ring (bicyclic) bond motifs is 1. The molecular weight excluding hydrogens is 272 g/mol. The first-order valence-corrected chi connectivity index (χ1v) is 7.42. The molecule has 0 amide bonds. The second-order valence-corrected chi connectivity index (χ2v) is 5.22. The zero-order valence-electron chi connectivity index (χ0n) is 12.9. The number of hydrogen-bond acceptors (Lipinski definition) is 3. The van der Waals surface area contributed by atoms with Crippen LogP contribution in [0.1, 0.15) is 18.9 Å². The summed E-state index contributed by atoms with van der Waals surface area (Å²) in [6, 6.07) is 12.1. The third-order valence-corrected chi connectivity index (χ3v) is 3.77. The van der Waals surface area contributed by atoms with Gasteiger partial charge in [0.05, 0.1) is 11.9 Å². The summed E-state index contributed by atoms with van der Waals surface area (Å²) in [5.41, 5.74) is 12.1. The van der Waals surface area contributed by atoms with E-state index in [1.165, 1.54) is 11.1 Å². The van der Waals surface area contributed by atoms with E-state index in [1.807, 2.05) is 43.7 Å². The third-order valence-electron chi connectivity index (χ3n) is 3.77. The van der Waals surface area contributed by atoms with Crippen molar-refractivity contribution in [2.24, 2.45) is 0 Å². The molecule has 0 atom stereocenters. The summed E-state index contributed by atoms with van der Waals surface area (Å²) in [5.74, 6) is 0. The van der Waals surface area contributed by atoms with Crippen molar-refractivity contribution in [3.63, 3.8) is 0 Å². The highest BCUT2D eigenvalue weighted by atomic mass is 15.0. The maximum Gasteiger partial charge on any atom is 0.137 e. The predicted octanol–water partition coefficient (Wildman–Crippen LogP) is 3.55. The fourth-order valence-electron chi connectivity index (χ4n) is 2.66. The first kappa shape index (κ1) is 14.2. The van der Waals surface area contributed by atoms with Gasteiger partial charge in [0.1, 0.15) is 5.65 Å². The highest BCUT2D eigenvalue weighted by molar-refractivity contribution is 5.71. The number of nitrogen functional groups attached to an aromatic ring is 1. The molecule has 0 saturated heterocycles. The summed E-state index contributed by atoms with van der Waals surface area (Å²) in [4.78, 5) is 4.54. The molecule has 0 aliphatic heterocycles. The average Bonchev–Trinajstić information content (AvgIpc) is 2.95. The predicted molar refractivity (Wildman–Crippen MR) is 92.4 cm³/mol. The Labute approximate surface area is 130 Å². The number of rotatable bonds is 4. The van der Waals surface area contributed by atoms with Gasteiger partial charge in [-0.3, -0.25) is 4.40 Å². The Bertz CT molecular complexity index is 830. The molecule has 3 rings (SSSR count). The van der Waals surface area contributed by atoms with Crippen molar-refractivity contribution in [1.82, 2.24) is 14.7 Å². The zero-order valence-corrected chi connectivity index (χ0v) is 12.9. The molecule has 22 heavy (non-hydrogen) atoms. The lowest BCUT2D eigenvalue weighted by atomic mass is 10.1. The van der Waals surface area contributed by atoms with Crippen LogP contribution >= 0.6 is 0 Å². The number of nitrogens with two attached hydrogens (primary N) is 1. The van der Waals surface area contributed by atoms with Crippen LogP contribution in [-0.2, 0) is 0 Å². The summed E-state index contributed by atoms with van der Waals surface area (Å²) >= 11 is 0. The smallest absolute Gasteiger partial charge is 0.137 e. The molecule has 0 aliphatic carbocycles. The second kappa shape index (κ2) is 5.93. The molecule has 112 valence electrons. The van der Waals surface area contributed by atoms with Crippen LogP contribution in [0.25, 0.3) is 22.5 Å². The van der Waals surface area contributed by atoms with E-state index in [-0.39, 0.29) is 0 Å². The molecule has 3 N–H and O–H groups in total. The fourth-order valence-corrected chi connectivity index (χ4v) is 2.66. The zero-order chi connectivity index (χ0) is 15.5. The Kier molecular flexibility index (Phi) is 3.83. The number of nitrogens with one attached hydrogen (secondary N) is 1. The van der Waals surface area contributed by atoms with Crippen molar-refractivity contribution in [2.45, 2.75) is 13.3 Å². The SMILES string of the molecule is CC/C(=C\NC)c1ccn2c(-c3cccc(N)c3)cnc2c1. The van der Waals surface area contributed by atoms with Crippen LogP contribution in [0.2, 0.25) is 0 Å². The van der Waals surface area contributed by atoms with E-state index in [9.17, 15) is 0 Å². The number of pyridine rings is 1. The number of hydrogen-bond donors (Lipinski definition) is 2. The van der Waals surface area contributed by atoms with Crippen molar-refractivity contribution in [1.29, 1.82) is 0 Å². The molecule has 0 saturated carbocycles. The lowest BCUT2D eigenvalue weighted by molar-refractivity contribution is 1.08. The molecule has 0 spiro atoms. The van der Waals surface area contributed by atoms with E-state index in [1.54, 1.807) is 0 Å². The molecule has 2 aromatic heterocycles. The lowest BCUT2D eigenvalue weighted by Crippen LogP contribution is -1.97. The van der Waals surface area contributed by atoms with Crippen LogP contribution in [-0.4, -0.2) is 16.4 Å². The fraction of sp³-hybridized carbons (Fsp3) is 0.167. The highest BCUT2D eigenvalue weighted by Crippen LogP contribution is 2.25. The first-order chi connectivity index (χ1) is 10.7. The molecule has 0 unspecified atom stereocenters. The lowest BCUT2D eigenvalue weighted by Gasteiger charge is -2.07. The summed E-state index contributed by atoms with van der Waals surface area (Å²) in [7, 11) is 1.92. The van der Waals surface area contributed by atoms with Crippen molar-refractivity contribution in [2.75, 3.05) is 12.8 Å². The van der Waals surface area contributed by atoms with E-state index >= 15 is 0 Å². The van der Waals surface area contributed by atoms with Gasteiger partial charge in [-0.05, 0) is 48.0 Å². The number of anilines is 1. The molecule has 0 aliphatic rings. The second-order valence-electron chi connectivity index (χ2n) is 5.22. The summed E-state index contributed by atoms with van der Waals surface area (Å²) in [5, 5.41) is 3.10. The molecule has 4 heteroatoms. The molecule has 2 heterocycles. The number of aromatic nitrogens is 2. The Morgan fingerprint density at radius 2 is 2.18 bits per heavy atom. The van der Waals surface area contributed by atoms with E-state index in [0.29, 0.717) is 0 Å². The van der Waals surface area contributed by atoms with E-state index in [0.717, 1.165) is 29.0 Å². The average molecular weight is 292 g/mol. The third kappa shape index (κ3) is 2.55. The van der Waals surface area contributed by atoms with Gasteiger partial charge in [-0.25, -0.2) is 4.98 Å². The van der Waals surface area contributed by atoms with Crippen molar-refractivity contribution >= 4 is 16.9 Å². The minimum absolute atomic E-state index is 0.759. The Morgan fingerprint density at radius 1 is 1.32 bits per heavy atom. The van der Waals surface area contributed by atoms with Crippen LogP contribution in [0.5, 0.6) is 0 Å². The van der Waals surface area contributed by atoms with Crippen LogP contribution in [0.4, 0.5) is 5.69 Å². The van der Waals surface area contributed by atoms with E-state index in [4.69, 9.17) is 5.73 Å². The van der Waals surface area contributed by atoms with Crippen LogP contribution in [0, 0.1) is 0 Å². The molecule has 3 aromatic rings. The quantitative estimate of drug-likeness (QED) is 0.723. The van der Waals surface area contributed by atoms with Crippen LogP contribution in [0.15, 0.2) is 55.0 Å². The molecular formula is C18H20N4. The maximum atomic E-state index is 5.88. The van der Waals surface area contributed by atoms with Gasteiger partial charge < -0.3 is 11.1 Å². The molecule has 1 aromatic carbocycles. The largest absolute Gasteiger partial charge is 0.399 e. The summed E-state index contributed by atoms with van der Waals surface area (Å²) in [6.07, 6.45) is 6.96. The highest BCUT2D eigenvalue weighted by Gasteiger charge is 2.08. The van der Waals surface area contributed by atoms with E-state index < -0.39 is 0 Å². The van der Waals surface area contributed by atoms with Crippen molar-refractivity contribution < 1.29 is 0 Å². The van der Waals surface area contributed by atoms with Crippen LogP contribution in [0.3, 0.4) is 0 Å². The summed E-state index contributed by atoms with van der Waals surface area (Å²) < 4.78 is 2.09. The Morgan fingerprint density at radius 3 is 2.91 bits per heavy atom. The van der Waals surface area contributed by atoms with Crippen molar-refractivity contribution in [3.8, 4) is 11.3 Å². The van der Waals surface area contributed by atoms with Crippen LogP contribution < -0.4 is 11.1 Å². The number of allylic oxidation sites excluding steroid dienone is 1. The van der Waals surface area contributed by atoms with Gasteiger partial charge in [0.25, 0.3) is 0 Å². The molecule has 0 fully saturated rings.